The van der Waals surface area contributed by atoms with Crippen LogP contribution >= 0.6 is 0 Å². The molecule has 20 heavy (non-hydrogen) atoms. The topological polar surface area (TPSA) is 59.3 Å². The van der Waals surface area contributed by atoms with Crippen molar-refractivity contribution in [3.63, 3.8) is 0 Å². The third kappa shape index (κ3) is 2.96. The summed E-state index contributed by atoms with van der Waals surface area (Å²) in [5.41, 5.74) is 2.75. The molecule has 0 saturated heterocycles. The summed E-state index contributed by atoms with van der Waals surface area (Å²) in [6, 6.07) is 8.61. The Balaban J connectivity index is 2.32. The van der Waals surface area contributed by atoms with Crippen molar-refractivity contribution in [2.24, 2.45) is 0 Å². The van der Waals surface area contributed by atoms with Crippen molar-refractivity contribution < 1.29 is 9.21 Å². The summed E-state index contributed by atoms with van der Waals surface area (Å²) in [7, 11) is 0. The van der Waals surface area contributed by atoms with Crippen LogP contribution in [0.5, 0.6) is 0 Å². The molecule has 4 nitrogen and oxygen atoms in total. The number of carbonyl (C=O) groups excluding carboxylic acids is 1. The quantitative estimate of drug-likeness (QED) is 0.931. The van der Waals surface area contributed by atoms with Crippen LogP contribution < -0.4 is 10.9 Å². The highest BCUT2D eigenvalue weighted by Gasteiger charge is 2.13. The van der Waals surface area contributed by atoms with Crippen LogP contribution in [0.25, 0.3) is 0 Å². The van der Waals surface area contributed by atoms with E-state index in [2.05, 4.69) is 19.2 Å². The van der Waals surface area contributed by atoms with Crippen LogP contribution in [0.4, 0.5) is 5.69 Å². The minimum absolute atomic E-state index is 0.287. The Kier molecular flexibility index (Phi) is 4.03. The second-order valence-corrected chi connectivity index (χ2v) is 4.99. The molecular weight excluding hydrogens is 254 g/mol. The number of hydrogen-bond donors (Lipinski definition) is 1. The van der Waals surface area contributed by atoms with Gasteiger partial charge in [0.15, 0.2) is 0 Å². The Hall–Kier alpha value is -2.36. The van der Waals surface area contributed by atoms with Gasteiger partial charge in [-0.2, -0.15) is 0 Å². The fraction of sp³-hybridized carbons (Fsp3) is 0.250. The third-order valence-electron chi connectivity index (χ3n) is 3.13. The minimum atomic E-state index is -0.472. The zero-order valence-corrected chi connectivity index (χ0v) is 11.8. The van der Waals surface area contributed by atoms with Gasteiger partial charge in [-0.05, 0) is 30.0 Å². The molecule has 1 heterocycles. The smallest absolute Gasteiger partial charge is 0.335 e. The maximum Gasteiger partial charge on any atom is 0.335 e. The first kappa shape index (κ1) is 14.1. The number of benzene rings is 1. The average Bonchev–Trinajstić information content (AvgIpc) is 2.41. The number of rotatable bonds is 3. The van der Waals surface area contributed by atoms with Crippen molar-refractivity contribution in [3.8, 4) is 0 Å². The van der Waals surface area contributed by atoms with E-state index in [0.29, 0.717) is 11.5 Å². The van der Waals surface area contributed by atoms with Gasteiger partial charge in [0.1, 0.15) is 6.26 Å². The lowest BCUT2D eigenvalue weighted by Crippen LogP contribution is -2.15. The summed E-state index contributed by atoms with van der Waals surface area (Å²) >= 11 is 0. The SMILES string of the molecule is Cc1cccc(C(C)C)c1NC(=O)c1ccc(=O)oc1. The van der Waals surface area contributed by atoms with Gasteiger partial charge in [-0.25, -0.2) is 4.79 Å². The van der Waals surface area contributed by atoms with E-state index in [1.54, 1.807) is 0 Å². The fourth-order valence-corrected chi connectivity index (χ4v) is 2.02. The maximum absolute atomic E-state index is 12.2. The number of carbonyl (C=O) groups is 1. The van der Waals surface area contributed by atoms with Crippen molar-refractivity contribution in [3.05, 3.63) is 63.7 Å². The van der Waals surface area contributed by atoms with Gasteiger partial charge < -0.3 is 9.73 Å². The van der Waals surface area contributed by atoms with Crippen molar-refractivity contribution in [2.75, 3.05) is 5.32 Å². The summed E-state index contributed by atoms with van der Waals surface area (Å²) in [5.74, 6) is 0.0175. The van der Waals surface area contributed by atoms with Crippen LogP contribution in [0.2, 0.25) is 0 Å². The summed E-state index contributed by atoms with van der Waals surface area (Å²) in [5, 5.41) is 2.89. The molecule has 0 aliphatic heterocycles. The van der Waals surface area contributed by atoms with Gasteiger partial charge in [-0.15, -0.1) is 0 Å². The third-order valence-corrected chi connectivity index (χ3v) is 3.13. The Morgan fingerprint density at radius 3 is 2.55 bits per heavy atom. The first-order valence-electron chi connectivity index (χ1n) is 6.48. The largest absolute Gasteiger partial charge is 0.430 e. The predicted molar refractivity (Wildman–Crippen MR) is 78.2 cm³/mol. The van der Waals surface area contributed by atoms with E-state index in [1.807, 2.05) is 25.1 Å². The van der Waals surface area contributed by atoms with E-state index in [-0.39, 0.29) is 5.91 Å². The van der Waals surface area contributed by atoms with E-state index >= 15 is 0 Å². The molecule has 0 bridgehead atoms. The number of amides is 1. The molecule has 0 radical (unpaired) electrons. The van der Waals surface area contributed by atoms with Gasteiger partial charge in [0.25, 0.3) is 5.91 Å². The first-order valence-corrected chi connectivity index (χ1v) is 6.48. The van der Waals surface area contributed by atoms with Crippen molar-refractivity contribution in [1.29, 1.82) is 0 Å². The average molecular weight is 271 g/mol. The standard InChI is InChI=1S/C16H17NO3/c1-10(2)13-6-4-5-11(3)15(13)17-16(19)12-7-8-14(18)20-9-12/h4-10H,1-3H3,(H,17,19). The maximum atomic E-state index is 12.2. The van der Waals surface area contributed by atoms with Crippen molar-refractivity contribution >= 4 is 11.6 Å². The molecule has 0 fully saturated rings. The van der Waals surface area contributed by atoms with E-state index in [9.17, 15) is 9.59 Å². The molecule has 0 spiro atoms. The highest BCUT2D eigenvalue weighted by molar-refractivity contribution is 6.04. The van der Waals surface area contributed by atoms with Crippen LogP contribution in [-0.2, 0) is 0 Å². The highest BCUT2D eigenvalue weighted by Crippen LogP contribution is 2.27. The zero-order chi connectivity index (χ0) is 14.7. The van der Waals surface area contributed by atoms with Gasteiger partial charge in [0.05, 0.1) is 5.56 Å². The molecule has 104 valence electrons. The molecule has 1 amide bonds. The van der Waals surface area contributed by atoms with Crippen LogP contribution in [0.15, 0.2) is 45.8 Å². The first-order chi connectivity index (χ1) is 9.49. The molecule has 0 aliphatic carbocycles. The number of nitrogens with one attached hydrogen (secondary N) is 1. The monoisotopic (exact) mass is 271 g/mol. The van der Waals surface area contributed by atoms with Gasteiger partial charge in [-0.1, -0.05) is 32.0 Å². The van der Waals surface area contributed by atoms with Gasteiger partial charge in [0.2, 0.25) is 0 Å². The molecule has 1 aromatic carbocycles. The van der Waals surface area contributed by atoms with Gasteiger partial charge in [-0.3, -0.25) is 4.79 Å². The molecular formula is C16H17NO3. The second-order valence-electron chi connectivity index (χ2n) is 4.99. The van der Waals surface area contributed by atoms with Crippen LogP contribution in [0, 0.1) is 6.92 Å². The molecule has 1 aromatic heterocycles. The zero-order valence-electron chi connectivity index (χ0n) is 11.8. The molecule has 2 aromatic rings. The molecule has 1 N–H and O–H groups in total. The molecule has 4 heteroatoms. The van der Waals surface area contributed by atoms with E-state index < -0.39 is 5.63 Å². The molecule has 0 unspecified atom stereocenters. The highest BCUT2D eigenvalue weighted by atomic mass is 16.4. The number of aryl methyl sites for hydroxylation is 1. The van der Waals surface area contributed by atoms with Crippen LogP contribution in [0.1, 0.15) is 41.3 Å². The second kappa shape index (κ2) is 5.74. The summed E-state index contributed by atoms with van der Waals surface area (Å²) < 4.78 is 4.71. The van der Waals surface area contributed by atoms with Gasteiger partial charge in [0, 0.05) is 11.8 Å². The van der Waals surface area contributed by atoms with Crippen LogP contribution in [-0.4, -0.2) is 5.91 Å². The predicted octanol–water partition coefficient (Wildman–Crippen LogP) is 3.32. The summed E-state index contributed by atoms with van der Waals surface area (Å²) in [6.07, 6.45) is 1.17. The Bertz CT molecular complexity index is 666. The van der Waals surface area contributed by atoms with E-state index in [0.717, 1.165) is 16.8 Å². The Morgan fingerprint density at radius 2 is 1.95 bits per heavy atom. The van der Waals surface area contributed by atoms with Crippen molar-refractivity contribution in [2.45, 2.75) is 26.7 Å². The lowest BCUT2D eigenvalue weighted by Gasteiger charge is -2.16. The van der Waals surface area contributed by atoms with E-state index in [1.165, 1.54) is 18.4 Å². The lowest BCUT2D eigenvalue weighted by molar-refractivity contribution is 0.102. The molecule has 2 rings (SSSR count). The normalized spacial score (nSPS) is 10.6. The van der Waals surface area contributed by atoms with Crippen LogP contribution in [0.3, 0.4) is 0 Å². The Morgan fingerprint density at radius 1 is 1.20 bits per heavy atom. The fourth-order valence-electron chi connectivity index (χ4n) is 2.02. The minimum Gasteiger partial charge on any atom is -0.430 e. The lowest BCUT2D eigenvalue weighted by atomic mass is 9.98. The summed E-state index contributed by atoms with van der Waals surface area (Å²) in [4.78, 5) is 23.1. The van der Waals surface area contributed by atoms with Crippen molar-refractivity contribution in [1.82, 2.24) is 0 Å². The number of anilines is 1. The number of hydrogen-bond acceptors (Lipinski definition) is 3. The van der Waals surface area contributed by atoms with E-state index in [4.69, 9.17) is 4.42 Å². The summed E-state index contributed by atoms with van der Waals surface area (Å²) in [6.45, 7) is 6.10. The molecule has 0 atom stereocenters. The molecule has 0 aliphatic rings. The van der Waals surface area contributed by atoms with Gasteiger partial charge >= 0.3 is 5.63 Å². The molecule has 0 saturated carbocycles. The Labute approximate surface area is 117 Å². The number of para-hydroxylation sites is 1.